The summed E-state index contributed by atoms with van der Waals surface area (Å²) in [6.07, 6.45) is 5.13. The lowest BCUT2D eigenvalue weighted by Crippen LogP contribution is -2.45. The lowest BCUT2D eigenvalue weighted by Gasteiger charge is -2.38. The minimum Gasteiger partial charge on any atom is -0.481 e. The van der Waals surface area contributed by atoms with E-state index in [0.717, 1.165) is 17.9 Å². The highest BCUT2D eigenvalue weighted by Crippen LogP contribution is 2.35. The normalized spacial score (nSPS) is 15.0. The molecule has 3 aromatic rings. The molecular weight excluding hydrogens is 480 g/mol. The van der Waals surface area contributed by atoms with Gasteiger partial charge in [0.1, 0.15) is 5.03 Å². The molecule has 1 aromatic carbocycles. The number of benzene rings is 1. The van der Waals surface area contributed by atoms with Crippen LogP contribution < -0.4 is 15.4 Å². The number of nitrogens with one attached hydrogen (secondary N) is 2. The number of halogens is 1. The third kappa shape index (κ3) is 6.29. The van der Waals surface area contributed by atoms with Gasteiger partial charge in [0.2, 0.25) is 11.8 Å². The maximum atomic E-state index is 6.10. The number of methoxy groups -OCH3 is 1. The fraction of sp³-hybridized carbons (Fsp3) is 0.318. The number of nitrogens with zero attached hydrogens (tertiary/aromatic N) is 4. The average Bonchev–Trinajstić information content (AvgIpc) is 2.84. The van der Waals surface area contributed by atoms with Crippen LogP contribution in [0.2, 0.25) is 5.02 Å². The quantitative estimate of drug-likeness (QED) is 0.279. The summed E-state index contributed by atoms with van der Waals surface area (Å²) in [6.45, 7) is 2.05. The van der Waals surface area contributed by atoms with Crippen LogP contribution in [0.15, 0.2) is 59.0 Å². The molecule has 2 aromatic heterocycles. The maximum Gasteiger partial charge on any atom is 0.233 e. The average molecular weight is 503 g/mol. The molecule has 1 saturated heterocycles. The summed E-state index contributed by atoms with van der Waals surface area (Å²) in [5.41, 5.74) is 1.11. The van der Waals surface area contributed by atoms with Crippen LogP contribution in [-0.2, 0) is 10.2 Å². The second-order valence-electron chi connectivity index (χ2n) is 7.41. The van der Waals surface area contributed by atoms with E-state index in [1.54, 1.807) is 31.6 Å². The Morgan fingerprint density at radius 2 is 1.91 bits per heavy atom. The molecule has 0 saturated carbocycles. The Bertz CT molecular complexity index is 1080. The van der Waals surface area contributed by atoms with Gasteiger partial charge in [-0.1, -0.05) is 23.7 Å². The van der Waals surface area contributed by atoms with Gasteiger partial charge in [-0.15, -0.1) is 0 Å². The number of thiocarbonyl (C=S) groups is 1. The minimum absolute atomic E-state index is 0.102. The molecule has 0 radical (unpaired) electrons. The predicted octanol–water partition coefficient (Wildman–Crippen LogP) is 4.11. The van der Waals surface area contributed by atoms with Crippen molar-refractivity contribution in [2.45, 2.75) is 28.4 Å². The van der Waals surface area contributed by atoms with E-state index in [2.05, 4.69) is 42.7 Å². The fourth-order valence-electron chi connectivity index (χ4n) is 3.58. The molecule has 172 valence electrons. The van der Waals surface area contributed by atoms with Crippen LogP contribution in [0.4, 0.5) is 5.95 Å². The number of aromatic nitrogens is 4. The summed E-state index contributed by atoms with van der Waals surface area (Å²) in [5.74, 6) is 0.744. The van der Waals surface area contributed by atoms with Gasteiger partial charge in [-0.05, 0) is 60.6 Å². The molecule has 0 unspecified atom stereocenters. The van der Waals surface area contributed by atoms with Crippen molar-refractivity contribution >= 4 is 46.6 Å². The summed E-state index contributed by atoms with van der Waals surface area (Å²) < 4.78 is 10.9. The fourth-order valence-corrected chi connectivity index (χ4v) is 4.57. The van der Waals surface area contributed by atoms with Crippen LogP contribution in [0.25, 0.3) is 0 Å². The molecule has 2 N–H and O–H groups in total. The number of hydrogen-bond acceptors (Lipinski definition) is 8. The van der Waals surface area contributed by atoms with Crippen molar-refractivity contribution < 1.29 is 9.47 Å². The topological polar surface area (TPSA) is 94.1 Å². The first-order chi connectivity index (χ1) is 16.1. The number of rotatable bonds is 7. The van der Waals surface area contributed by atoms with Gasteiger partial charge < -0.3 is 20.1 Å². The van der Waals surface area contributed by atoms with Gasteiger partial charge in [-0.3, -0.25) is 0 Å². The third-order valence-electron chi connectivity index (χ3n) is 5.35. The van der Waals surface area contributed by atoms with Crippen LogP contribution in [0.3, 0.4) is 0 Å². The second kappa shape index (κ2) is 11.1. The standard InChI is InChI=1S/C22H23ClN6O2S2/c1-30-17-13-18(33-21-24-9-2-10-25-21)28-19(27-17)29-20(32)26-14-22(7-11-31-12-8-22)15-3-5-16(23)6-4-15/h2-6,9-10,13H,7-8,11-12,14H2,1H3,(H2,26,27,28,29,32). The Morgan fingerprint density at radius 3 is 2.61 bits per heavy atom. The smallest absolute Gasteiger partial charge is 0.233 e. The van der Waals surface area contributed by atoms with Crippen LogP contribution in [0.1, 0.15) is 18.4 Å². The third-order valence-corrected chi connectivity index (χ3v) is 6.66. The van der Waals surface area contributed by atoms with Crippen LogP contribution in [-0.4, -0.2) is 51.9 Å². The van der Waals surface area contributed by atoms with E-state index in [1.807, 2.05) is 12.1 Å². The molecule has 0 spiro atoms. The second-order valence-corrected chi connectivity index (χ2v) is 9.25. The van der Waals surface area contributed by atoms with Gasteiger partial charge in [0.15, 0.2) is 10.3 Å². The largest absolute Gasteiger partial charge is 0.481 e. The zero-order valence-electron chi connectivity index (χ0n) is 18.0. The zero-order valence-corrected chi connectivity index (χ0v) is 20.3. The molecule has 0 bridgehead atoms. The summed E-state index contributed by atoms with van der Waals surface area (Å²) in [4.78, 5) is 17.3. The molecule has 3 heterocycles. The molecule has 11 heteroatoms. The van der Waals surface area contributed by atoms with E-state index in [-0.39, 0.29) is 5.41 Å². The van der Waals surface area contributed by atoms with Crippen molar-refractivity contribution in [1.29, 1.82) is 0 Å². The Hall–Kier alpha value is -2.53. The highest BCUT2D eigenvalue weighted by atomic mass is 35.5. The Kier molecular flexibility index (Phi) is 7.92. The monoisotopic (exact) mass is 502 g/mol. The lowest BCUT2D eigenvalue weighted by atomic mass is 9.74. The van der Waals surface area contributed by atoms with Gasteiger partial charge in [0, 0.05) is 48.7 Å². The molecule has 1 aliphatic rings. The molecule has 1 fully saturated rings. The Balaban J connectivity index is 1.45. The van der Waals surface area contributed by atoms with Crippen molar-refractivity contribution in [2.24, 2.45) is 0 Å². The first kappa shape index (κ1) is 23.6. The number of ether oxygens (including phenoxy) is 2. The minimum atomic E-state index is -0.102. The highest BCUT2D eigenvalue weighted by molar-refractivity contribution is 7.99. The van der Waals surface area contributed by atoms with E-state index in [9.17, 15) is 0 Å². The predicted molar refractivity (Wildman–Crippen MR) is 132 cm³/mol. The molecular formula is C22H23ClN6O2S2. The van der Waals surface area contributed by atoms with Gasteiger partial charge >= 0.3 is 0 Å². The summed E-state index contributed by atoms with van der Waals surface area (Å²) in [5, 5.41) is 8.77. The molecule has 8 nitrogen and oxygen atoms in total. The molecule has 0 atom stereocenters. The van der Waals surface area contributed by atoms with Crippen molar-refractivity contribution in [2.75, 3.05) is 32.2 Å². The summed E-state index contributed by atoms with van der Waals surface area (Å²) >= 11 is 13.0. The molecule has 0 amide bonds. The van der Waals surface area contributed by atoms with Crippen molar-refractivity contribution in [1.82, 2.24) is 25.3 Å². The van der Waals surface area contributed by atoms with E-state index in [4.69, 9.17) is 33.3 Å². The van der Waals surface area contributed by atoms with Crippen LogP contribution in [0, 0.1) is 0 Å². The first-order valence-corrected chi connectivity index (χ1v) is 11.9. The van der Waals surface area contributed by atoms with Crippen LogP contribution >= 0.6 is 35.6 Å². The van der Waals surface area contributed by atoms with Gasteiger partial charge in [-0.25, -0.2) is 15.0 Å². The molecule has 4 rings (SSSR count). The van der Waals surface area contributed by atoms with E-state index >= 15 is 0 Å². The van der Waals surface area contributed by atoms with Gasteiger partial charge in [0.05, 0.1) is 7.11 Å². The van der Waals surface area contributed by atoms with E-state index in [1.165, 1.54) is 17.3 Å². The Labute approximate surface area is 206 Å². The van der Waals surface area contributed by atoms with Gasteiger partial charge in [0.25, 0.3) is 0 Å². The lowest BCUT2D eigenvalue weighted by molar-refractivity contribution is 0.0515. The van der Waals surface area contributed by atoms with Crippen molar-refractivity contribution in [3.63, 3.8) is 0 Å². The van der Waals surface area contributed by atoms with E-state index in [0.29, 0.717) is 46.9 Å². The summed E-state index contributed by atoms with van der Waals surface area (Å²) in [6, 6.07) is 11.5. The molecule has 33 heavy (non-hydrogen) atoms. The SMILES string of the molecule is COc1cc(Sc2ncccn2)nc(NC(=S)NCC2(c3ccc(Cl)cc3)CCOCC2)n1. The van der Waals surface area contributed by atoms with Crippen molar-refractivity contribution in [3.8, 4) is 5.88 Å². The molecule has 1 aliphatic heterocycles. The van der Waals surface area contributed by atoms with Crippen LogP contribution in [0.5, 0.6) is 5.88 Å². The van der Waals surface area contributed by atoms with E-state index < -0.39 is 0 Å². The maximum absolute atomic E-state index is 6.10. The molecule has 0 aliphatic carbocycles. The number of anilines is 1. The first-order valence-electron chi connectivity index (χ1n) is 10.3. The van der Waals surface area contributed by atoms with Gasteiger partial charge in [-0.2, -0.15) is 4.98 Å². The van der Waals surface area contributed by atoms with Crippen molar-refractivity contribution in [3.05, 3.63) is 59.4 Å². The zero-order chi connectivity index (χ0) is 23.1. The number of hydrogen-bond donors (Lipinski definition) is 2. The highest BCUT2D eigenvalue weighted by Gasteiger charge is 2.34. The summed E-state index contributed by atoms with van der Waals surface area (Å²) in [7, 11) is 1.55. The Morgan fingerprint density at radius 1 is 1.18 bits per heavy atom.